The second-order valence-corrected chi connectivity index (χ2v) is 5.59. The van der Waals surface area contributed by atoms with Crippen LogP contribution in [0.2, 0.25) is 0 Å². The highest BCUT2D eigenvalue weighted by molar-refractivity contribution is 5.85. The Hall–Kier alpha value is -1.89. The molecule has 21 heavy (non-hydrogen) atoms. The van der Waals surface area contributed by atoms with Crippen molar-refractivity contribution in [3.05, 3.63) is 22.7 Å². The van der Waals surface area contributed by atoms with Gasteiger partial charge in [-0.1, -0.05) is 0 Å². The van der Waals surface area contributed by atoms with Gasteiger partial charge < -0.3 is 19.7 Å². The highest BCUT2D eigenvalue weighted by atomic mass is 16.2. The maximum absolute atomic E-state index is 12.7. The fourth-order valence-electron chi connectivity index (χ4n) is 3.05. The first-order valence-corrected chi connectivity index (χ1v) is 7.46. The minimum Gasteiger partial charge on any atom is -0.340 e. The van der Waals surface area contributed by atoms with Gasteiger partial charge in [-0.2, -0.15) is 0 Å². The van der Waals surface area contributed by atoms with Crippen LogP contribution in [-0.2, 0) is 11.8 Å². The zero-order valence-electron chi connectivity index (χ0n) is 12.3. The first-order chi connectivity index (χ1) is 10.2. The van der Waals surface area contributed by atoms with Crippen molar-refractivity contribution in [1.82, 2.24) is 19.8 Å². The third-order valence-corrected chi connectivity index (χ3v) is 4.24. The van der Waals surface area contributed by atoms with Crippen molar-refractivity contribution < 1.29 is 4.79 Å². The number of hydrogen-bond donors (Lipinski definition) is 1. The molecule has 0 aliphatic carbocycles. The summed E-state index contributed by atoms with van der Waals surface area (Å²) in [6.45, 7) is 3.87. The minimum absolute atomic E-state index is 0.127. The predicted octanol–water partition coefficient (Wildman–Crippen LogP) is -0.819. The van der Waals surface area contributed by atoms with E-state index in [1.165, 1.54) is 4.57 Å². The van der Waals surface area contributed by atoms with Crippen LogP contribution in [0.15, 0.2) is 17.2 Å². The van der Waals surface area contributed by atoms with Crippen LogP contribution in [-0.4, -0.2) is 59.1 Å². The number of amides is 1. The third kappa shape index (κ3) is 2.65. The quantitative estimate of drug-likeness (QED) is 0.771. The van der Waals surface area contributed by atoms with E-state index in [-0.39, 0.29) is 17.5 Å². The first kappa shape index (κ1) is 14.1. The Morgan fingerprint density at radius 1 is 1.33 bits per heavy atom. The summed E-state index contributed by atoms with van der Waals surface area (Å²) in [6.07, 6.45) is 4.96. The Labute approximate surface area is 123 Å². The van der Waals surface area contributed by atoms with Gasteiger partial charge in [-0.25, -0.2) is 4.98 Å². The highest BCUT2D eigenvalue weighted by Crippen LogP contribution is 2.23. The summed E-state index contributed by atoms with van der Waals surface area (Å²) in [6, 6.07) is -0.245. The van der Waals surface area contributed by atoms with E-state index in [1.54, 1.807) is 19.4 Å². The number of hydrogen-bond acceptors (Lipinski definition) is 5. The lowest BCUT2D eigenvalue weighted by atomic mass is 10.1. The van der Waals surface area contributed by atoms with Gasteiger partial charge in [0.05, 0.1) is 0 Å². The van der Waals surface area contributed by atoms with E-state index in [0.717, 1.165) is 45.6 Å². The molecule has 2 saturated heterocycles. The summed E-state index contributed by atoms with van der Waals surface area (Å²) < 4.78 is 1.51. The number of aryl methyl sites for hydroxylation is 1. The molecule has 2 fully saturated rings. The predicted molar refractivity (Wildman–Crippen MR) is 79.3 cm³/mol. The van der Waals surface area contributed by atoms with E-state index >= 15 is 0 Å². The molecule has 0 aromatic carbocycles. The molecule has 1 aromatic rings. The van der Waals surface area contributed by atoms with E-state index in [9.17, 15) is 9.59 Å². The van der Waals surface area contributed by atoms with Gasteiger partial charge in [-0.05, 0) is 12.8 Å². The van der Waals surface area contributed by atoms with E-state index in [4.69, 9.17) is 0 Å². The molecule has 1 atom stereocenters. The van der Waals surface area contributed by atoms with Crippen LogP contribution in [0.4, 0.5) is 5.82 Å². The number of carbonyl (C=O) groups is 1. The van der Waals surface area contributed by atoms with Gasteiger partial charge in [-0.15, -0.1) is 0 Å². The zero-order chi connectivity index (χ0) is 14.8. The summed E-state index contributed by atoms with van der Waals surface area (Å²) in [5.74, 6) is 0.521. The van der Waals surface area contributed by atoms with Crippen LogP contribution in [0.3, 0.4) is 0 Å². The molecule has 1 N–H and O–H groups in total. The lowest BCUT2D eigenvalue weighted by Crippen LogP contribution is -2.53. The van der Waals surface area contributed by atoms with Gasteiger partial charge in [-0.3, -0.25) is 9.59 Å². The molecule has 2 aliphatic rings. The molecule has 1 unspecified atom stereocenters. The molecule has 1 aromatic heterocycles. The summed E-state index contributed by atoms with van der Waals surface area (Å²) in [5, 5.41) is 3.25. The van der Waals surface area contributed by atoms with Gasteiger partial charge in [0.15, 0.2) is 5.82 Å². The van der Waals surface area contributed by atoms with Crippen LogP contribution in [0.25, 0.3) is 0 Å². The van der Waals surface area contributed by atoms with Gasteiger partial charge in [0.1, 0.15) is 6.04 Å². The minimum atomic E-state index is -0.245. The Balaban J connectivity index is 1.83. The lowest BCUT2D eigenvalue weighted by molar-refractivity contribution is -0.133. The number of nitrogens with zero attached hydrogens (tertiary/aromatic N) is 4. The van der Waals surface area contributed by atoms with Crippen molar-refractivity contribution in [2.24, 2.45) is 7.05 Å². The molecule has 7 heteroatoms. The largest absolute Gasteiger partial charge is 0.340 e. The number of aromatic nitrogens is 2. The number of piperazine rings is 1. The Morgan fingerprint density at radius 2 is 2.10 bits per heavy atom. The molecule has 0 saturated carbocycles. The smallest absolute Gasteiger partial charge is 0.293 e. The average molecular weight is 291 g/mol. The Bertz CT molecular complexity index is 579. The van der Waals surface area contributed by atoms with Crippen molar-refractivity contribution in [3.8, 4) is 0 Å². The standard InChI is InChI=1S/C14H21N5O2/c1-17-8-6-16-12(14(17)21)19-7-2-3-11(19)13(20)18-9-4-15-5-10-18/h6,8,11,15H,2-5,7,9-10H2,1H3. The average Bonchev–Trinajstić information content (AvgIpc) is 2.99. The zero-order valence-corrected chi connectivity index (χ0v) is 12.3. The van der Waals surface area contributed by atoms with Crippen LogP contribution >= 0.6 is 0 Å². The molecular formula is C14H21N5O2. The maximum Gasteiger partial charge on any atom is 0.293 e. The van der Waals surface area contributed by atoms with Crippen LogP contribution < -0.4 is 15.8 Å². The maximum atomic E-state index is 12.7. The molecule has 114 valence electrons. The lowest BCUT2D eigenvalue weighted by Gasteiger charge is -2.33. The summed E-state index contributed by atoms with van der Waals surface area (Å²) in [4.78, 5) is 32.9. The fourth-order valence-corrected chi connectivity index (χ4v) is 3.05. The SMILES string of the molecule is Cn1ccnc(N2CCCC2C(=O)N2CCNCC2)c1=O. The summed E-state index contributed by atoms with van der Waals surface area (Å²) >= 11 is 0. The van der Waals surface area contributed by atoms with Crippen molar-refractivity contribution in [3.63, 3.8) is 0 Å². The van der Waals surface area contributed by atoms with Crippen molar-refractivity contribution in [1.29, 1.82) is 0 Å². The monoisotopic (exact) mass is 291 g/mol. The topological polar surface area (TPSA) is 70.5 Å². The first-order valence-electron chi connectivity index (χ1n) is 7.46. The number of nitrogens with one attached hydrogen (secondary N) is 1. The van der Waals surface area contributed by atoms with Crippen LogP contribution in [0, 0.1) is 0 Å². The van der Waals surface area contributed by atoms with E-state index in [0.29, 0.717) is 5.82 Å². The normalized spacial score (nSPS) is 22.6. The van der Waals surface area contributed by atoms with Gasteiger partial charge in [0.25, 0.3) is 5.56 Å². The molecule has 3 heterocycles. The second-order valence-electron chi connectivity index (χ2n) is 5.59. The van der Waals surface area contributed by atoms with Crippen molar-refractivity contribution in [2.75, 3.05) is 37.6 Å². The summed E-state index contributed by atoms with van der Waals surface area (Å²) in [7, 11) is 1.71. The number of carbonyl (C=O) groups excluding carboxylic acids is 1. The van der Waals surface area contributed by atoms with E-state index in [1.807, 2.05) is 9.80 Å². The van der Waals surface area contributed by atoms with Crippen LogP contribution in [0.5, 0.6) is 0 Å². The molecule has 0 spiro atoms. The molecule has 3 rings (SSSR count). The summed E-state index contributed by atoms with van der Waals surface area (Å²) in [5.41, 5.74) is -0.141. The number of anilines is 1. The molecule has 7 nitrogen and oxygen atoms in total. The van der Waals surface area contributed by atoms with Crippen molar-refractivity contribution >= 4 is 11.7 Å². The van der Waals surface area contributed by atoms with Gasteiger partial charge >= 0.3 is 0 Å². The molecule has 2 aliphatic heterocycles. The molecule has 0 bridgehead atoms. The highest BCUT2D eigenvalue weighted by Gasteiger charge is 2.36. The second kappa shape index (κ2) is 5.85. The van der Waals surface area contributed by atoms with E-state index in [2.05, 4.69) is 10.3 Å². The third-order valence-electron chi connectivity index (χ3n) is 4.24. The Morgan fingerprint density at radius 3 is 2.86 bits per heavy atom. The van der Waals surface area contributed by atoms with Crippen LogP contribution in [0.1, 0.15) is 12.8 Å². The molecule has 0 radical (unpaired) electrons. The molecule has 1 amide bonds. The van der Waals surface area contributed by atoms with Gasteiger partial charge in [0.2, 0.25) is 5.91 Å². The van der Waals surface area contributed by atoms with Crippen molar-refractivity contribution in [2.45, 2.75) is 18.9 Å². The Kier molecular flexibility index (Phi) is 3.92. The molecular weight excluding hydrogens is 270 g/mol. The number of rotatable bonds is 2. The fraction of sp³-hybridized carbons (Fsp3) is 0.643. The van der Waals surface area contributed by atoms with Gasteiger partial charge in [0, 0.05) is 52.2 Å². The van der Waals surface area contributed by atoms with E-state index < -0.39 is 0 Å².